The Kier molecular flexibility index (Phi) is 3.15. The maximum absolute atomic E-state index is 12.1. The van der Waals surface area contributed by atoms with Gasteiger partial charge in [-0.3, -0.25) is 4.79 Å². The Hall–Kier alpha value is -2.34. The number of fused-ring (bicyclic) bond motifs is 1. The van der Waals surface area contributed by atoms with Gasteiger partial charge < -0.3 is 4.98 Å². The van der Waals surface area contributed by atoms with Crippen molar-refractivity contribution in [3.63, 3.8) is 0 Å². The van der Waals surface area contributed by atoms with Gasteiger partial charge in [0.25, 0.3) is 5.56 Å². The number of hydrogen-bond acceptors (Lipinski definition) is 2. The van der Waals surface area contributed by atoms with Crippen LogP contribution >= 0.6 is 0 Å². The second-order valence-corrected chi connectivity index (χ2v) is 5.49. The van der Waals surface area contributed by atoms with Gasteiger partial charge >= 0.3 is 0 Å². The molecule has 0 saturated carbocycles. The molecule has 1 aromatic carbocycles. The molecule has 20 heavy (non-hydrogen) atoms. The molecule has 0 saturated heterocycles. The number of nitrogens with one attached hydrogen (secondary N) is 1. The van der Waals surface area contributed by atoms with Crippen LogP contribution in [0.5, 0.6) is 0 Å². The third-order valence-corrected chi connectivity index (χ3v) is 4.05. The molecule has 0 amide bonds. The van der Waals surface area contributed by atoms with E-state index in [1.165, 1.54) is 0 Å². The van der Waals surface area contributed by atoms with Crippen molar-refractivity contribution in [3.05, 3.63) is 57.4 Å². The maximum atomic E-state index is 12.1. The van der Waals surface area contributed by atoms with E-state index in [-0.39, 0.29) is 5.56 Å². The summed E-state index contributed by atoms with van der Waals surface area (Å²) in [6, 6.07) is 12.0. The molecule has 0 spiro atoms. The summed E-state index contributed by atoms with van der Waals surface area (Å²) < 4.78 is 0. The van der Waals surface area contributed by atoms with Gasteiger partial charge in [0.15, 0.2) is 0 Å². The Labute approximate surface area is 117 Å². The van der Waals surface area contributed by atoms with Crippen molar-refractivity contribution in [2.24, 2.45) is 5.92 Å². The summed E-state index contributed by atoms with van der Waals surface area (Å²) >= 11 is 0. The van der Waals surface area contributed by atoms with E-state index < -0.39 is 0 Å². The van der Waals surface area contributed by atoms with E-state index in [1.807, 2.05) is 30.3 Å². The molecule has 1 N–H and O–H groups in total. The van der Waals surface area contributed by atoms with Gasteiger partial charge in [-0.15, -0.1) is 0 Å². The van der Waals surface area contributed by atoms with E-state index in [0.29, 0.717) is 11.5 Å². The summed E-state index contributed by atoms with van der Waals surface area (Å²) in [5, 5.41) is 9.25. The van der Waals surface area contributed by atoms with E-state index in [4.69, 9.17) is 0 Å². The number of nitriles is 1. The standard InChI is InChI=1S/C17H16N2O/c1-11-7-8-13-14(9-11)15(10-18)17(20)19-16(13)12-5-3-2-4-6-12/h2-6,11H,7-9H2,1H3,(H,19,20)/t11-/m0/s1. The molecule has 3 rings (SSSR count). The number of rotatable bonds is 1. The van der Waals surface area contributed by atoms with Gasteiger partial charge in [0, 0.05) is 0 Å². The Morgan fingerprint density at radius 1 is 1.25 bits per heavy atom. The zero-order valence-electron chi connectivity index (χ0n) is 11.4. The molecular weight excluding hydrogens is 248 g/mol. The van der Waals surface area contributed by atoms with Crippen LogP contribution in [0.4, 0.5) is 0 Å². The fourth-order valence-electron chi connectivity index (χ4n) is 3.00. The third-order valence-electron chi connectivity index (χ3n) is 4.05. The highest BCUT2D eigenvalue weighted by Crippen LogP contribution is 2.32. The molecule has 1 aliphatic rings. The number of aromatic amines is 1. The smallest absolute Gasteiger partial charge is 0.266 e. The normalized spacial score (nSPS) is 17.3. The molecule has 1 heterocycles. The average Bonchev–Trinajstić information content (AvgIpc) is 2.47. The first kappa shape index (κ1) is 12.7. The zero-order chi connectivity index (χ0) is 14.1. The van der Waals surface area contributed by atoms with Gasteiger partial charge in [-0.2, -0.15) is 5.26 Å². The quantitative estimate of drug-likeness (QED) is 0.860. The monoisotopic (exact) mass is 264 g/mol. The zero-order valence-corrected chi connectivity index (χ0v) is 11.4. The summed E-state index contributed by atoms with van der Waals surface area (Å²) in [5.74, 6) is 0.528. The molecule has 0 aliphatic heterocycles. The second kappa shape index (κ2) is 4.97. The lowest BCUT2D eigenvalue weighted by Gasteiger charge is -2.24. The SMILES string of the molecule is C[C@H]1CCc2c(-c3ccccc3)[nH]c(=O)c(C#N)c2C1. The summed E-state index contributed by atoms with van der Waals surface area (Å²) in [6.45, 7) is 2.17. The van der Waals surface area contributed by atoms with Crippen molar-refractivity contribution in [1.29, 1.82) is 5.26 Å². The van der Waals surface area contributed by atoms with Gasteiger partial charge in [-0.05, 0) is 41.9 Å². The number of pyridine rings is 1. The molecule has 0 unspecified atom stereocenters. The summed E-state index contributed by atoms with van der Waals surface area (Å²) in [5.41, 5.74) is 4.03. The minimum Gasteiger partial charge on any atom is -0.321 e. The highest BCUT2D eigenvalue weighted by Gasteiger charge is 2.24. The van der Waals surface area contributed by atoms with Gasteiger partial charge in [-0.25, -0.2) is 0 Å². The molecule has 0 radical (unpaired) electrons. The number of H-pyrrole nitrogens is 1. The van der Waals surface area contributed by atoms with E-state index in [0.717, 1.165) is 41.6 Å². The molecule has 1 aromatic heterocycles. The minimum absolute atomic E-state index is 0.265. The van der Waals surface area contributed by atoms with Crippen LogP contribution in [0.15, 0.2) is 35.1 Å². The summed E-state index contributed by atoms with van der Waals surface area (Å²) in [7, 11) is 0. The fourth-order valence-corrected chi connectivity index (χ4v) is 3.00. The van der Waals surface area contributed by atoms with Gasteiger partial charge in [0.2, 0.25) is 0 Å². The molecule has 3 heteroatoms. The maximum Gasteiger partial charge on any atom is 0.266 e. The predicted octanol–water partition coefficient (Wildman–Crippen LogP) is 3.04. The topological polar surface area (TPSA) is 56.6 Å². The Balaban J connectivity index is 2.28. The first-order valence-electron chi connectivity index (χ1n) is 6.94. The summed E-state index contributed by atoms with van der Waals surface area (Å²) in [4.78, 5) is 15.1. The fraction of sp³-hybridized carbons (Fsp3) is 0.294. The van der Waals surface area contributed by atoms with Gasteiger partial charge in [0.05, 0.1) is 5.69 Å². The van der Waals surface area contributed by atoms with Crippen molar-refractivity contribution >= 4 is 0 Å². The Morgan fingerprint density at radius 3 is 2.70 bits per heavy atom. The Bertz CT molecular complexity index is 738. The van der Waals surface area contributed by atoms with Crippen LogP contribution in [0.2, 0.25) is 0 Å². The third kappa shape index (κ3) is 2.04. The molecule has 2 aromatic rings. The number of nitrogens with zero attached hydrogens (tertiary/aromatic N) is 1. The van der Waals surface area contributed by atoms with Crippen LogP contribution < -0.4 is 5.56 Å². The lowest BCUT2D eigenvalue weighted by Crippen LogP contribution is -2.22. The molecule has 1 atom stereocenters. The van der Waals surface area contributed by atoms with E-state index in [2.05, 4.69) is 18.0 Å². The van der Waals surface area contributed by atoms with Crippen LogP contribution in [0.25, 0.3) is 11.3 Å². The molecule has 100 valence electrons. The van der Waals surface area contributed by atoms with Crippen molar-refractivity contribution < 1.29 is 0 Å². The predicted molar refractivity (Wildman–Crippen MR) is 78.4 cm³/mol. The largest absolute Gasteiger partial charge is 0.321 e. The molecule has 3 nitrogen and oxygen atoms in total. The van der Waals surface area contributed by atoms with E-state index in [9.17, 15) is 10.1 Å². The van der Waals surface area contributed by atoms with Crippen LogP contribution in [0.3, 0.4) is 0 Å². The van der Waals surface area contributed by atoms with Crippen LogP contribution in [-0.4, -0.2) is 4.98 Å². The van der Waals surface area contributed by atoms with Crippen LogP contribution in [-0.2, 0) is 12.8 Å². The number of hydrogen-bond donors (Lipinski definition) is 1. The van der Waals surface area contributed by atoms with Crippen LogP contribution in [0.1, 0.15) is 30.0 Å². The van der Waals surface area contributed by atoms with Crippen LogP contribution in [0, 0.1) is 17.2 Å². The average molecular weight is 264 g/mol. The van der Waals surface area contributed by atoms with Gasteiger partial charge in [0.1, 0.15) is 11.6 Å². The van der Waals surface area contributed by atoms with Crippen molar-refractivity contribution in [2.45, 2.75) is 26.2 Å². The molecule has 1 aliphatic carbocycles. The first-order chi connectivity index (χ1) is 9.70. The minimum atomic E-state index is -0.265. The number of aromatic nitrogens is 1. The van der Waals surface area contributed by atoms with Crippen molar-refractivity contribution in [3.8, 4) is 17.3 Å². The molecular formula is C17H16N2O. The lowest BCUT2D eigenvalue weighted by molar-refractivity contribution is 0.499. The first-order valence-corrected chi connectivity index (χ1v) is 6.94. The molecule has 0 fully saturated rings. The summed E-state index contributed by atoms with van der Waals surface area (Å²) in [6.07, 6.45) is 2.85. The van der Waals surface area contributed by atoms with Crippen molar-refractivity contribution in [1.82, 2.24) is 4.98 Å². The molecule has 0 bridgehead atoms. The van der Waals surface area contributed by atoms with E-state index in [1.54, 1.807) is 0 Å². The lowest BCUT2D eigenvalue weighted by atomic mass is 9.81. The number of benzene rings is 1. The van der Waals surface area contributed by atoms with E-state index >= 15 is 0 Å². The second-order valence-electron chi connectivity index (χ2n) is 5.49. The van der Waals surface area contributed by atoms with Gasteiger partial charge in [-0.1, -0.05) is 37.3 Å². The highest BCUT2D eigenvalue weighted by molar-refractivity contribution is 5.66. The Morgan fingerprint density at radius 2 is 2.00 bits per heavy atom. The van der Waals surface area contributed by atoms with Crippen molar-refractivity contribution in [2.75, 3.05) is 0 Å². The highest BCUT2D eigenvalue weighted by atomic mass is 16.1.